The fraction of sp³-hybridized carbons (Fsp3) is 0. The van der Waals surface area contributed by atoms with Gasteiger partial charge in [0.05, 0.1) is 20.8 Å². The lowest BCUT2D eigenvalue weighted by atomic mass is 10.1. The van der Waals surface area contributed by atoms with Gasteiger partial charge in [-0.25, -0.2) is 0 Å². The van der Waals surface area contributed by atoms with Crippen LogP contribution in [0.1, 0.15) is 0 Å². The Bertz CT molecular complexity index is 904. The normalized spacial score (nSPS) is 10.3. The SMILES string of the molecule is Nc1c([N+](=O)[O-])cc([N+](=O)[O-])c(-n2cnc([N+](=O)[O-])c2)c1[N+](=O)[O-]. The van der Waals surface area contributed by atoms with Gasteiger partial charge in [0.15, 0.2) is 5.69 Å². The first-order chi connectivity index (χ1) is 11.1. The van der Waals surface area contributed by atoms with Gasteiger partial charge in [0.25, 0.3) is 0 Å². The first-order valence-corrected chi connectivity index (χ1v) is 5.73. The molecule has 1 aromatic carbocycles. The van der Waals surface area contributed by atoms with Crippen molar-refractivity contribution in [2.75, 3.05) is 5.73 Å². The molecule has 24 heavy (non-hydrogen) atoms. The van der Waals surface area contributed by atoms with Crippen LogP contribution in [-0.4, -0.2) is 29.2 Å². The fourth-order valence-corrected chi connectivity index (χ4v) is 1.90. The van der Waals surface area contributed by atoms with Crippen molar-refractivity contribution in [3.05, 3.63) is 59.0 Å². The third-order valence-electron chi connectivity index (χ3n) is 2.86. The van der Waals surface area contributed by atoms with Gasteiger partial charge in [-0.15, -0.1) is 0 Å². The second-order valence-corrected chi connectivity index (χ2v) is 4.19. The Balaban J connectivity index is 2.93. The fourth-order valence-electron chi connectivity index (χ4n) is 1.90. The number of nitrogens with two attached hydrogens (primary N) is 1. The second-order valence-electron chi connectivity index (χ2n) is 4.19. The molecule has 0 bridgehead atoms. The summed E-state index contributed by atoms with van der Waals surface area (Å²) in [6.45, 7) is 0. The van der Waals surface area contributed by atoms with Gasteiger partial charge in [-0.05, 0) is 9.91 Å². The van der Waals surface area contributed by atoms with Crippen molar-refractivity contribution in [2.45, 2.75) is 0 Å². The van der Waals surface area contributed by atoms with E-state index in [0.717, 1.165) is 6.33 Å². The summed E-state index contributed by atoms with van der Waals surface area (Å²) in [4.78, 5) is 42.9. The Morgan fingerprint density at radius 2 is 1.50 bits per heavy atom. The minimum atomic E-state index is -1.16. The molecule has 0 atom stereocenters. The Morgan fingerprint density at radius 1 is 0.917 bits per heavy atom. The molecule has 0 unspecified atom stereocenters. The lowest BCUT2D eigenvalue weighted by molar-refractivity contribution is -0.401. The summed E-state index contributed by atoms with van der Waals surface area (Å²) in [6.07, 6.45) is 1.40. The van der Waals surface area contributed by atoms with Crippen molar-refractivity contribution >= 4 is 28.6 Å². The van der Waals surface area contributed by atoms with Crippen LogP contribution in [0.4, 0.5) is 28.6 Å². The van der Waals surface area contributed by atoms with Crippen LogP contribution in [0.5, 0.6) is 0 Å². The van der Waals surface area contributed by atoms with Crippen molar-refractivity contribution in [3.8, 4) is 5.69 Å². The van der Waals surface area contributed by atoms with E-state index in [9.17, 15) is 40.5 Å². The van der Waals surface area contributed by atoms with Crippen LogP contribution in [0.15, 0.2) is 18.6 Å². The van der Waals surface area contributed by atoms with Gasteiger partial charge in [0.1, 0.15) is 6.20 Å². The Morgan fingerprint density at radius 3 is 1.92 bits per heavy atom. The number of nitrogen functional groups attached to an aromatic ring is 1. The zero-order valence-corrected chi connectivity index (χ0v) is 11.3. The van der Waals surface area contributed by atoms with Crippen LogP contribution in [0.2, 0.25) is 0 Å². The van der Waals surface area contributed by atoms with Gasteiger partial charge < -0.3 is 15.8 Å². The van der Waals surface area contributed by atoms with Crippen LogP contribution in [-0.2, 0) is 0 Å². The lowest BCUT2D eigenvalue weighted by Crippen LogP contribution is -2.08. The number of rotatable bonds is 5. The maximum atomic E-state index is 11.2. The summed E-state index contributed by atoms with van der Waals surface area (Å²) in [6, 6.07) is 0.434. The van der Waals surface area contributed by atoms with E-state index in [-0.39, 0.29) is 0 Å². The molecule has 1 heterocycles. The molecule has 0 spiro atoms. The van der Waals surface area contributed by atoms with Gasteiger partial charge in [0.2, 0.25) is 12.0 Å². The van der Waals surface area contributed by atoms with Crippen molar-refractivity contribution in [3.63, 3.8) is 0 Å². The van der Waals surface area contributed by atoms with Crippen molar-refractivity contribution in [1.29, 1.82) is 0 Å². The van der Waals surface area contributed by atoms with Crippen molar-refractivity contribution in [1.82, 2.24) is 9.55 Å². The molecule has 0 amide bonds. The van der Waals surface area contributed by atoms with Gasteiger partial charge in [-0.1, -0.05) is 0 Å². The van der Waals surface area contributed by atoms with Crippen molar-refractivity contribution in [2.24, 2.45) is 0 Å². The molecule has 1 aromatic heterocycles. The van der Waals surface area contributed by atoms with Crippen LogP contribution in [0, 0.1) is 40.5 Å². The van der Waals surface area contributed by atoms with E-state index in [1.54, 1.807) is 0 Å². The molecule has 2 aromatic rings. The zero-order valence-electron chi connectivity index (χ0n) is 11.3. The van der Waals surface area contributed by atoms with Crippen LogP contribution in [0.25, 0.3) is 5.69 Å². The third-order valence-corrected chi connectivity index (χ3v) is 2.86. The third kappa shape index (κ3) is 2.51. The van der Waals surface area contributed by atoms with Gasteiger partial charge in [-0.3, -0.25) is 34.9 Å². The summed E-state index contributed by atoms with van der Waals surface area (Å²) >= 11 is 0. The number of nitrogens with zero attached hydrogens (tertiary/aromatic N) is 6. The molecule has 15 heteroatoms. The Labute approximate surface area is 129 Å². The molecule has 15 nitrogen and oxygen atoms in total. The van der Waals surface area contributed by atoms with Crippen LogP contribution < -0.4 is 5.73 Å². The number of nitro groups is 4. The molecule has 2 N–H and O–H groups in total. The quantitative estimate of drug-likeness (QED) is 0.464. The van der Waals surface area contributed by atoms with Crippen molar-refractivity contribution < 1.29 is 19.7 Å². The minimum Gasteiger partial charge on any atom is -0.387 e. The van der Waals surface area contributed by atoms with Gasteiger partial charge >= 0.3 is 22.9 Å². The van der Waals surface area contributed by atoms with E-state index in [0.29, 0.717) is 16.8 Å². The number of aromatic nitrogens is 2. The van der Waals surface area contributed by atoms with E-state index >= 15 is 0 Å². The summed E-state index contributed by atoms with van der Waals surface area (Å²) in [5, 5.41) is 43.9. The second kappa shape index (κ2) is 5.55. The number of hydrogen-bond donors (Lipinski definition) is 1. The predicted molar refractivity (Wildman–Crippen MR) is 74.6 cm³/mol. The monoisotopic (exact) mass is 339 g/mol. The number of anilines is 1. The molecule has 0 aliphatic carbocycles. The molecule has 0 saturated heterocycles. The van der Waals surface area contributed by atoms with E-state index in [1.165, 1.54) is 0 Å². The van der Waals surface area contributed by atoms with E-state index < -0.39 is 53.9 Å². The largest absolute Gasteiger partial charge is 0.387 e. The van der Waals surface area contributed by atoms with Gasteiger partial charge in [-0.2, -0.15) is 0 Å². The molecule has 0 saturated carbocycles. The zero-order chi connectivity index (χ0) is 18.2. The maximum Gasteiger partial charge on any atom is 0.381 e. The van der Waals surface area contributed by atoms with E-state index in [4.69, 9.17) is 5.73 Å². The highest BCUT2D eigenvalue weighted by Crippen LogP contribution is 2.43. The Kier molecular flexibility index (Phi) is 3.75. The lowest BCUT2D eigenvalue weighted by Gasteiger charge is -2.06. The highest BCUT2D eigenvalue weighted by molar-refractivity contribution is 5.84. The average Bonchev–Trinajstić information content (AvgIpc) is 2.95. The number of imidazole rings is 1. The molecular formula is C9H5N7O8. The smallest absolute Gasteiger partial charge is 0.381 e. The molecule has 0 radical (unpaired) electrons. The van der Waals surface area contributed by atoms with Crippen LogP contribution >= 0.6 is 0 Å². The van der Waals surface area contributed by atoms with E-state index in [2.05, 4.69) is 4.98 Å². The molecule has 0 fully saturated rings. The highest BCUT2D eigenvalue weighted by Gasteiger charge is 2.37. The number of hydrogen-bond acceptors (Lipinski definition) is 10. The highest BCUT2D eigenvalue weighted by atomic mass is 16.6. The maximum absolute atomic E-state index is 11.2. The summed E-state index contributed by atoms with van der Waals surface area (Å²) < 4.78 is 0.633. The minimum absolute atomic E-state index is 0.434. The number of nitro benzene ring substituents is 3. The van der Waals surface area contributed by atoms with E-state index in [1.807, 2.05) is 0 Å². The molecule has 0 aliphatic rings. The number of benzene rings is 1. The topological polar surface area (TPSA) is 216 Å². The first-order valence-electron chi connectivity index (χ1n) is 5.73. The first kappa shape index (κ1) is 16.2. The molecule has 124 valence electrons. The average molecular weight is 339 g/mol. The Hall–Kier alpha value is -4.17. The molecule has 0 aliphatic heterocycles. The molecular weight excluding hydrogens is 334 g/mol. The summed E-state index contributed by atoms with van der Waals surface area (Å²) in [5.41, 5.74) is 0.469. The van der Waals surface area contributed by atoms with Crippen LogP contribution in [0.3, 0.4) is 0 Å². The predicted octanol–water partition coefficient (Wildman–Crippen LogP) is 1.09. The molecule has 2 rings (SSSR count). The summed E-state index contributed by atoms with van der Waals surface area (Å²) in [7, 11) is 0. The summed E-state index contributed by atoms with van der Waals surface area (Å²) in [5.74, 6) is -0.740. The standard InChI is InChI=1S/C9H5N7O8/c10-7-4(13(17)18)1-5(14(19)20)8(9(7)16(23)24)12-2-6(11-3-12)15(21)22/h1-3H,10H2. The van der Waals surface area contributed by atoms with Gasteiger partial charge in [0, 0.05) is 0 Å².